The molecule has 1 aliphatic rings. The number of nitrogens with one attached hydrogen (secondary N) is 1. The molecule has 1 heteroatoms. The predicted octanol–water partition coefficient (Wildman–Crippen LogP) is 4.29. The Morgan fingerprint density at radius 1 is 1.25 bits per heavy atom. The molecule has 0 aromatic rings. The van der Waals surface area contributed by atoms with Crippen LogP contribution in [0.1, 0.15) is 64.7 Å². The van der Waals surface area contributed by atoms with Gasteiger partial charge in [-0.2, -0.15) is 0 Å². The molecule has 0 spiro atoms. The number of rotatable bonds is 8. The average molecular weight is 223 g/mol. The highest BCUT2D eigenvalue weighted by Crippen LogP contribution is 2.26. The fraction of sp³-hybridized carbons (Fsp3) is 0.867. The number of unbranched alkanes of at least 4 members (excludes halogenated alkanes) is 3. The lowest BCUT2D eigenvalue weighted by Gasteiger charge is -2.29. The Morgan fingerprint density at radius 3 is 2.88 bits per heavy atom. The lowest BCUT2D eigenvalue weighted by molar-refractivity contribution is 0.278. The van der Waals surface area contributed by atoms with Crippen molar-refractivity contribution in [3.05, 3.63) is 12.7 Å². The Labute approximate surface area is 102 Å². The van der Waals surface area contributed by atoms with E-state index in [1.165, 1.54) is 64.3 Å². The van der Waals surface area contributed by atoms with Gasteiger partial charge in [0.2, 0.25) is 0 Å². The maximum Gasteiger partial charge on any atom is 0.00697 e. The molecule has 16 heavy (non-hydrogen) atoms. The van der Waals surface area contributed by atoms with Crippen molar-refractivity contribution in [3.8, 4) is 0 Å². The van der Waals surface area contributed by atoms with Gasteiger partial charge in [0, 0.05) is 6.04 Å². The van der Waals surface area contributed by atoms with Crippen molar-refractivity contribution in [2.24, 2.45) is 5.92 Å². The largest absolute Gasteiger partial charge is 0.314 e. The van der Waals surface area contributed by atoms with E-state index in [1.54, 1.807) is 0 Å². The average Bonchev–Trinajstić information content (AvgIpc) is 2.34. The first-order valence-electron chi connectivity index (χ1n) is 7.21. The van der Waals surface area contributed by atoms with Crippen molar-refractivity contribution >= 4 is 0 Å². The van der Waals surface area contributed by atoms with Gasteiger partial charge >= 0.3 is 0 Å². The van der Waals surface area contributed by atoms with Gasteiger partial charge in [0.05, 0.1) is 0 Å². The van der Waals surface area contributed by atoms with Gasteiger partial charge in [-0.25, -0.2) is 0 Å². The first-order valence-corrected chi connectivity index (χ1v) is 7.21. The molecule has 1 fully saturated rings. The van der Waals surface area contributed by atoms with Crippen molar-refractivity contribution in [3.63, 3.8) is 0 Å². The molecule has 0 aromatic carbocycles. The molecule has 0 amide bonds. The lowest BCUT2D eigenvalue weighted by atomic mass is 9.84. The molecule has 1 saturated carbocycles. The summed E-state index contributed by atoms with van der Waals surface area (Å²) >= 11 is 0. The molecular weight excluding hydrogens is 194 g/mol. The van der Waals surface area contributed by atoms with Crippen LogP contribution >= 0.6 is 0 Å². The van der Waals surface area contributed by atoms with E-state index in [1.807, 2.05) is 6.08 Å². The lowest BCUT2D eigenvalue weighted by Crippen LogP contribution is -2.34. The summed E-state index contributed by atoms with van der Waals surface area (Å²) in [4.78, 5) is 0. The molecule has 0 heterocycles. The van der Waals surface area contributed by atoms with Gasteiger partial charge in [-0.05, 0) is 44.6 Å². The fourth-order valence-corrected chi connectivity index (χ4v) is 2.74. The zero-order valence-electron chi connectivity index (χ0n) is 11.0. The highest BCUT2D eigenvalue weighted by Gasteiger charge is 2.19. The van der Waals surface area contributed by atoms with Crippen LogP contribution in [0, 0.1) is 5.92 Å². The zero-order chi connectivity index (χ0) is 11.6. The fourth-order valence-electron chi connectivity index (χ4n) is 2.74. The van der Waals surface area contributed by atoms with Gasteiger partial charge in [0.1, 0.15) is 0 Å². The Bertz CT molecular complexity index is 176. The van der Waals surface area contributed by atoms with Gasteiger partial charge in [0.15, 0.2) is 0 Å². The topological polar surface area (TPSA) is 12.0 Å². The standard InChI is InChI=1S/C15H29N/c1-3-5-6-7-8-12-16-15-11-9-10-14(4-2)13-15/h3,14-16H,1,4-13H2,2H3. The Morgan fingerprint density at radius 2 is 2.12 bits per heavy atom. The first kappa shape index (κ1) is 13.8. The van der Waals surface area contributed by atoms with Crippen LogP contribution in [0.25, 0.3) is 0 Å². The molecule has 0 saturated heterocycles. The van der Waals surface area contributed by atoms with Crippen LogP contribution < -0.4 is 5.32 Å². The summed E-state index contributed by atoms with van der Waals surface area (Å²) in [7, 11) is 0. The van der Waals surface area contributed by atoms with Crippen molar-refractivity contribution in [2.75, 3.05) is 6.54 Å². The van der Waals surface area contributed by atoms with E-state index in [0.717, 1.165) is 12.0 Å². The maximum absolute atomic E-state index is 3.75. The quantitative estimate of drug-likeness (QED) is 0.478. The minimum Gasteiger partial charge on any atom is -0.314 e. The predicted molar refractivity (Wildman–Crippen MR) is 72.7 cm³/mol. The molecule has 0 aliphatic heterocycles. The van der Waals surface area contributed by atoms with Gasteiger partial charge < -0.3 is 5.32 Å². The molecule has 0 bridgehead atoms. The maximum atomic E-state index is 3.75. The molecule has 94 valence electrons. The van der Waals surface area contributed by atoms with Crippen LogP contribution in [0.5, 0.6) is 0 Å². The summed E-state index contributed by atoms with van der Waals surface area (Å²) in [6.45, 7) is 7.31. The molecule has 1 rings (SSSR count). The third-order valence-corrected chi connectivity index (χ3v) is 3.88. The van der Waals surface area contributed by atoms with E-state index in [0.29, 0.717) is 0 Å². The Hall–Kier alpha value is -0.300. The van der Waals surface area contributed by atoms with Crippen molar-refractivity contribution in [2.45, 2.75) is 70.8 Å². The second-order valence-electron chi connectivity index (χ2n) is 5.23. The smallest absolute Gasteiger partial charge is 0.00697 e. The number of allylic oxidation sites excluding steroid dienone is 1. The van der Waals surface area contributed by atoms with Crippen LogP contribution in [0.3, 0.4) is 0 Å². The summed E-state index contributed by atoms with van der Waals surface area (Å²) < 4.78 is 0. The van der Waals surface area contributed by atoms with Crippen LogP contribution in [0.2, 0.25) is 0 Å². The molecule has 0 radical (unpaired) electrons. The highest BCUT2D eigenvalue weighted by atomic mass is 14.9. The Balaban J connectivity index is 1.97. The van der Waals surface area contributed by atoms with E-state index in [2.05, 4.69) is 18.8 Å². The van der Waals surface area contributed by atoms with Crippen LogP contribution in [-0.2, 0) is 0 Å². The molecule has 1 N–H and O–H groups in total. The van der Waals surface area contributed by atoms with Crippen LogP contribution in [0.15, 0.2) is 12.7 Å². The van der Waals surface area contributed by atoms with Crippen molar-refractivity contribution < 1.29 is 0 Å². The molecule has 2 unspecified atom stereocenters. The molecule has 2 atom stereocenters. The van der Waals surface area contributed by atoms with Crippen LogP contribution in [0.4, 0.5) is 0 Å². The van der Waals surface area contributed by atoms with Gasteiger partial charge in [0.25, 0.3) is 0 Å². The second kappa shape index (κ2) is 8.81. The SMILES string of the molecule is C=CCCCCCNC1CCCC(CC)C1. The third kappa shape index (κ3) is 5.69. The molecule has 1 aliphatic carbocycles. The van der Waals surface area contributed by atoms with E-state index in [4.69, 9.17) is 0 Å². The zero-order valence-corrected chi connectivity index (χ0v) is 11.0. The third-order valence-electron chi connectivity index (χ3n) is 3.88. The number of hydrogen-bond acceptors (Lipinski definition) is 1. The number of hydrogen-bond donors (Lipinski definition) is 1. The second-order valence-corrected chi connectivity index (χ2v) is 5.23. The summed E-state index contributed by atoms with van der Waals surface area (Å²) in [5.41, 5.74) is 0. The van der Waals surface area contributed by atoms with Crippen LogP contribution in [-0.4, -0.2) is 12.6 Å². The van der Waals surface area contributed by atoms with E-state index >= 15 is 0 Å². The normalized spacial score (nSPS) is 25.6. The summed E-state index contributed by atoms with van der Waals surface area (Å²) in [6.07, 6.45) is 14.3. The summed E-state index contributed by atoms with van der Waals surface area (Å²) in [6, 6.07) is 0.818. The minimum atomic E-state index is 0.818. The van der Waals surface area contributed by atoms with Gasteiger partial charge in [-0.3, -0.25) is 0 Å². The molecular formula is C15H29N. The highest BCUT2D eigenvalue weighted by molar-refractivity contribution is 4.77. The van der Waals surface area contributed by atoms with E-state index < -0.39 is 0 Å². The molecule has 0 aromatic heterocycles. The Kier molecular flexibility index (Phi) is 7.58. The molecule has 1 nitrogen and oxygen atoms in total. The first-order chi connectivity index (χ1) is 7.86. The monoisotopic (exact) mass is 223 g/mol. The van der Waals surface area contributed by atoms with Crippen molar-refractivity contribution in [1.29, 1.82) is 0 Å². The minimum absolute atomic E-state index is 0.818. The van der Waals surface area contributed by atoms with E-state index in [-0.39, 0.29) is 0 Å². The van der Waals surface area contributed by atoms with Crippen molar-refractivity contribution in [1.82, 2.24) is 5.32 Å². The van der Waals surface area contributed by atoms with E-state index in [9.17, 15) is 0 Å². The summed E-state index contributed by atoms with van der Waals surface area (Å²) in [5, 5.41) is 3.74. The van der Waals surface area contributed by atoms with Gasteiger partial charge in [-0.15, -0.1) is 6.58 Å². The van der Waals surface area contributed by atoms with Gasteiger partial charge in [-0.1, -0.05) is 38.7 Å². The summed E-state index contributed by atoms with van der Waals surface area (Å²) in [5.74, 6) is 0.993.